The van der Waals surface area contributed by atoms with Crippen molar-refractivity contribution in [3.8, 4) is 0 Å². The molecular formula is C20H17NO3. The van der Waals surface area contributed by atoms with E-state index in [1.165, 1.54) is 0 Å². The van der Waals surface area contributed by atoms with Crippen molar-refractivity contribution >= 4 is 27.6 Å². The summed E-state index contributed by atoms with van der Waals surface area (Å²) < 4.78 is 11.0. The van der Waals surface area contributed by atoms with Crippen LogP contribution in [0.15, 0.2) is 69.9 Å². The van der Waals surface area contributed by atoms with E-state index in [1.54, 1.807) is 12.5 Å². The smallest absolute Gasteiger partial charge is 0.225 e. The van der Waals surface area contributed by atoms with Gasteiger partial charge >= 0.3 is 0 Å². The summed E-state index contributed by atoms with van der Waals surface area (Å²) in [4.78, 5) is 12.4. The van der Waals surface area contributed by atoms with Crippen LogP contribution in [0.25, 0.3) is 21.7 Å². The van der Waals surface area contributed by atoms with Gasteiger partial charge in [0.15, 0.2) is 0 Å². The Morgan fingerprint density at radius 1 is 1.08 bits per heavy atom. The summed E-state index contributed by atoms with van der Waals surface area (Å²) in [6, 6.07) is 15.6. The number of carbonyl (C=O) groups excluding carboxylic acids is 1. The Balaban J connectivity index is 1.62. The van der Waals surface area contributed by atoms with E-state index in [9.17, 15) is 4.79 Å². The van der Waals surface area contributed by atoms with Gasteiger partial charge in [-0.05, 0) is 35.9 Å². The van der Waals surface area contributed by atoms with Crippen molar-refractivity contribution in [3.63, 3.8) is 0 Å². The number of hydrogen-bond acceptors (Lipinski definition) is 3. The number of rotatable bonds is 4. The highest BCUT2D eigenvalue weighted by Crippen LogP contribution is 2.30. The molecule has 1 N–H and O–H groups in total. The monoisotopic (exact) mass is 319 g/mol. The Bertz CT molecular complexity index is 998. The van der Waals surface area contributed by atoms with Crippen molar-refractivity contribution in [2.75, 3.05) is 0 Å². The van der Waals surface area contributed by atoms with Gasteiger partial charge in [0.1, 0.15) is 11.3 Å². The minimum atomic E-state index is -0.164. The third-order valence-electron chi connectivity index (χ3n) is 4.24. The highest BCUT2D eigenvalue weighted by atomic mass is 16.3. The SMILES string of the molecule is CC(NC(=O)Cc1coc2ccc3ccccc3c12)c1ccco1. The van der Waals surface area contributed by atoms with E-state index in [0.29, 0.717) is 0 Å². The fourth-order valence-corrected chi connectivity index (χ4v) is 3.08. The van der Waals surface area contributed by atoms with Crippen LogP contribution < -0.4 is 5.32 Å². The average Bonchev–Trinajstić information content (AvgIpc) is 3.25. The molecule has 4 rings (SSSR count). The summed E-state index contributed by atoms with van der Waals surface area (Å²) in [6.45, 7) is 1.90. The molecule has 4 aromatic rings. The van der Waals surface area contributed by atoms with Gasteiger partial charge in [-0.2, -0.15) is 0 Å². The first-order valence-electron chi connectivity index (χ1n) is 7.93. The zero-order valence-electron chi connectivity index (χ0n) is 13.3. The third kappa shape index (κ3) is 2.56. The highest BCUT2D eigenvalue weighted by Gasteiger charge is 2.16. The number of benzene rings is 2. The number of fused-ring (bicyclic) bond motifs is 3. The van der Waals surface area contributed by atoms with Gasteiger partial charge in [-0.25, -0.2) is 0 Å². The van der Waals surface area contributed by atoms with Gasteiger partial charge in [-0.15, -0.1) is 0 Å². The number of nitrogens with one attached hydrogen (secondary N) is 1. The van der Waals surface area contributed by atoms with Crippen molar-refractivity contribution in [1.82, 2.24) is 5.32 Å². The van der Waals surface area contributed by atoms with Gasteiger partial charge in [0, 0.05) is 10.9 Å². The van der Waals surface area contributed by atoms with E-state index < -0.39 is 0 Å². The van der Waals surface area contributed by atoms with Crippen LogP contribution in [-0.2, 0) is 11.2 Å². The lowest BCUT2D eigenvalue weighted by atomic mass is 10.0. The lowest BCUT2D eigenvalue weighted by Gasteiger charge is -2.11. The topological polar surface area (TPSA) is 55.4 Å². The van der Waals surface area contributed by atoms with Crippen molar-refractivity contribution in [2.24, 2.45) is 0 Å². The lowest BCUT2D eigenvalue weighted by molar-refractivity contribution is -0.121. The van der Waals surface area contributed by atoms with E-state index in [-0.39, 0.29) is 18.4 Å². The quantitative estimate of drug-likeness (QED) is 0.598. The standard InChI is InChI=1S/C20H17NO3/c1-13(17-7-4-10-23-17)21-19(22)11-15-12-24-18-9-8-14-5-2-3-6-16(14)20(15)18/h2-10,12-13H,11H2,1H3,(H,21,22). The van der Waals surface area contributed by atoms with Crippen LogP contribution in [0.2, 0.25) is 0 Å². The molecule has 4 nitrogen and oxygen atoms in total. The molecule has 0 aliphatic heterocycles. The molecule has 1 atom stereocenters. The molecule has 0 saturated carbocycles. The van der Waals surface area contributed by atoms with Gasteiger partial charge in [-0.1, -0.05) is 30.3 Å². The Hall–Kier alpha value is -3.01. The summed E-state index contributed by atoms with van der Waals surface area (Å²) in [5, 5.41) is 6.21. The first-order chi connectivity index (χ1) is 11.7. The van der Waals surface area contributed by atoms with Gasteiger partial charge in [-0.3, -0.25) is 4.79 Å². The van der Waals surface area contributed by atoms with Crippen LogP contribution in [0.4, 0.5) is 0 Å². The van der Waals surface area contributed by atoms with Gasteiger partial charge in [0.05, 0.1) is 25.0 Å². The predicted octanol–water partition coefficient (Wildman–Crippen LogP) is 4.60. The molecular weight excluding hydrogens is 302 g/mol. The predicted molar refractivity (Wildman–Crippen MR) is 92.7 cm³/mol. The molecule has 0 saturated heterocycles. The number of carbonyl (C=O) groups is 1. The number of furan rings is 2. The minimum Gasteiger partial charge on any atom is -0.467 e. The molecule has 2 aromatic carbocycles. The van der Waals surface area contributed by atoms with Crippen LogP contribution in [-0.4, -0.2) is 5.91 Å². The fraction of sp³-hybridized carbons (Fsp3) is 0.150. The average molecular weight is 319 g/mol. The Morgan fingerprint density at radius 2 is 1.96 bits per heavy atom. The van der Waals surface area contributed by atoms with Crippen molar-refractivity contribution < 1.29 is 13.6 Å². The zero-order chi connectivity index (χ0) is 16.5. The maximum atomic E-state index is 12.4. The highest BCUT2D eigenvalue weighted by molar-refractivity contribution is 6.08. The lowest BCUT2D eigenvalue weighted by Crippen LogP contribution is -2.27. The summed E-state index contributed by atoms with van der Waals surface area (Å²) in [5.74, 6) is 0.681. The summed E-state index contributed by atoms with van der Waals surface area (Å²) in [5.41, 5.74) is 1.70. The van der Waals surface area contributed by atoms with Gasteiger partial charge in [0.2, 0.25) is 5.91 Å². The van der Waals surface area contributed by atoms with Crippen molar-refractivity contribution in [2.45, 2.75) is 19.4 Å². The van der Waals surface area contributed by atoms with Gasteiger partial charge < -0.3 is 14.2 Å². The van der Waals surface area contributed by atoms with Gasteiger partial charge in [0.25, 0.3) is 0 Å². The first-order valence-corrected chi connectivity index (χ1v) is 7.93. The number of amides is 1. The summed E-state index contributed by atoms with van der Waals surface area (Å²) in [7, 11) is 0. The van der Waals surface area contributed by atoms with Crippen LogP contribution in [0.5, 0.6) is 0 Å². The molecule has 0 aliphatic rings. The van der Waals surface area contributed by atoms with E-state index >= 15 is 0 Å². The molecule has 2 aromatic heterocycles. The van der Waals surface area contributed by atoms with Crippen molar-refractivity contribution in [1.29, 1.82) is 0 Å². The van der Waals surface area contributed by atoms with E-state index in [1.807, 2.05) is 43.3 Å². The second-order valence-electron chi connectivity index (χ2n) is 5.90. The Labute approximate surface area is 139 Å². The Kier molecular flexibility index (Phi) is 3.58. The number of hydrogen-bond donors (Lipinski definition) is 1. The van der Waals surface area contributed by atoms with E-state index in [4.69, 9.17) is 8.83 Å². The van der Waals surface area contributed by atoms with Crippen LogP contribution in [0.3, 0.4) is 0 Å². The van der Waals surface area contributed by atoms with Crippen LogP contribution in [0, 0.1) is 0 Å². The van der Waals surface area contributed by atoms with Crippen LogP contribution >= 0.6 is 0 Å². The van der Waals surface area contributed by atoms with Crippen molar-refractivity contribution in [3.05, 3.63) is 72.4 Å². The van der Waals surface area contributed by atoms with E-state index in [2.05, 4.69) is 17.4 Å². The minimum absolute atomic E-state index is 0.0606. The Morgan fingerprint density at radius 3 is 2.79 bits per heavy atom. The molecule has 0 bridgehead atoms. The largest absolute Gasteiger partial charge is 0.467 e. The fourth-order valence-electron chi connectivity index (χ4n) is 3.08. The molecule has 120 valence electrons. The third-order valence-corrected chi connectivity index (χ3v) is 4.24. The van der Waals surface area contributed by atoms with Crippen LogP contribution in [0.1, 0.15) is 24.3 Å². The molecule has 0 radical (unpaired) electrons. The maximum absolute atomic E-state index is 12.4. The second-order valence-corrected chi connectivity index (χ2v) is 5.90. The first kappa shape index (κ1) is 14.6. The molecule has 0 aliphatic carbocycles. The molecule has 1 amide bonds. The molecule has 0 spiro atoms. The summed E-state index contributed by atoms with van der Waals surface area (Å²) >= 11 is 0. The zero-order valence-corrected chi connectivity index (χ0v) is 13.3. The second kappa shape index (κ2) is 5.89. The molecule has 24 heavy (non-hydrogen) atoms. The molecule has 2 heterocycles. The van der Waals surface area contributed by atoms with E-state index in [0.717, 1.165) is 33.1 Å². The maximum Gasteiger partial charge on any atom is 0.225 e. The molecule has 1 unspecified atom stereocenters. The molecule has 0 fully saturated rings. The summed E-state index contributed by atoms with van der Waals surface area (Å²) in [6.07, 6.45) is 3.55. The normalized spacial score (nSPS) is 12.5. The molecule has 4 heteroatoms.